The van der Waals surface area contributed by atoms with E-state index in [1.807, 2.05) is 77.4 Å². The fourth-order valence-corrected chi connectivity index (χ4v) is 7.96. The number of rotatable bonds is 10. The van der Waals surface area contributed by atoms with E-state index < -0.39 is 46.8 Å². The maximum absolute atomic E-state index is 14.3. The second-order valence-electron chi connectivity index (χ2n) is 14.6. The van der Waals surface area contributed by atoms with Crippen LogP contribution in [0, 0.1) is 29.1 Å². The number of benzene rings is 5. The minimum atomic E-state index is -2.34. The first-order valence-corrected chi connectivity index (χ1v) is 19.0. The van der Waals surface area contributed by atoms with E-state index >= 15 is 0 Å². The van der Waals surface area contributed by atoms with E-state index in [-0.39, 0.29) is 37.1 Å². The van der Waals surface area contributed by atoms with Gasteiger partial charge in [0.05, 0.1) is 29.8 Å². The lowest BCUT2D eigenvalue weighted by atomic mass is 9.97. The van der Waals surface area contributed by atoms with Crippen molar-refractivity contribution in [2.45, 2.75) is 57.0 Å². The SMILES string of the molecule is O=C(NCc1ccccc1-c1ccc([C@H]2O[C@@H](CN3CCC(n4c(=O)[nH]c5ccccc54)CC3)C[C@@H](c3ccc(CO)cc3)O2)cc1)c1c(F)c(F)c(F)c(F)c1F. The number of aliphatic hydroxyl groups excluding tert-OH is 1. The van der Waals surface area contributed by atoms with Gasteiger partial charge in [-0.25, -0.2) is 26.7 Å². The van der Waals surface area contributed by atoms with Crippen molar-refractivity contribution in [3.8, 4) is 11.1 Å². The smallest absolute Gasteiger partial charge is 0.326 e. The summed E-state index contributed by atoms with van der Waals surface area (Å²) >= 11 is 0. The van der Waals surface area contributed by atoms with Crippen LogP contribution in [-0.2, 0) is 22.6 Å². The van der Waals surface area contributed by atoms with Gasteiger partial charge in [0.15, 0.2) is 29.6 Å². The molecule has 3 N–H and O–H groups in total. The molecule has 14 heteroatoms. The zero-order valence-corrected chi connectivity index (χ0v) is 31.1. The van der Waals surface area contributed by atoms with Crippen molar-refractivity contribution >= 4 is 16.9 Å². The average Bonchev–Trinajstić information content (AvgIpc) is 3.60. The van der Waals surface area contributed by atoms with Gasteiger partial charge >= 0.3 is 5.69 Å². The normalized spacial score (nSPS) is 19.1. The number of hydrogen-bond donors (Lipinski definition) is 3. The van der Waals surface area contributed by atoms with Gasteiger partial charge in [0.25, 0.3) is 5.91 Å². The summed E-state index contributed by atoms with van der Waals surface area (Å²) in [6.45, 7) is 1.89. The Hall–Kier alpha value is -5.67. The molecule has 0 unspecified atom stereocenters. The van der Waals surface area contributed by atoms with Crippen LogP contribution in [0.4, 0.5) is 22.0 Å². The fraction of sp³-hybridized carbons (Fsp3) is 0.273. The van der Waals surface area contributed by atoms with E-state index in [0.717, 1.165) is 59.2 Å². The molecule has 0 aliphatic carbocycles. The van der Waals surface area contributed by atoms with Crippen LogP contribution >= 0.6 is 0 Å². The topological polar surface area (TPSA) is 109 Å². The zero-order valence-electron chi connectivity index (χ0n) is 31.1. The molecule has 8 rings (SSSR count). The summed E-state index contributed by atoms with van der Waals surface area (Å²) in [7, 11) is 0. The highest BCUT2D eigenvalue weighted by atomic mass is 19.2. The third-order valence-corrected chi connectivity index (χ3v) is 11.0. The predicted molar refractivity (Wildman–Crippen MR) is 205 cm³/mol. The van der Waals surface area contributed by atoms with Crippen molar-refractivity contribution in [2.75, 3.05) is 19.6 Å². The molecule has 3 atom stereocenters. The second-order valence-corrected chi connectivity index (χ2v) is 14.6. The number of piperidine rings is 1. The second kappa shape index (κ2) is 16.7. The van der Waals surface area contributed by atoms with Crippen molar-refractivity contribution in [1.82, 2.24) is 19.8 Å². The van der Waals surface area contributed by atoms with E-state index in [1.165, 1.54) is 0 Å². The number of aliphatic hydroxyl groups is 1. The molecule has 0 radical (unpaired) electrons. The van der Waals surface area contributed by atoms with Gasteiger partial charge in [0.2, 0.25) is 5.82 Å². The summed E-state index contributed by atoms with van der Waals surface area (Å²) in [6.07, 6.45) is 0.984. The number of hydrogen-bond acceptors (Lipinski definition) is 6. The van der Waals surface area contributed by atoms with Crippen LogP contribution in [0.3, 0.4) is 0 Å². The van der Waals surface area contributed by atoms with Crippen LogP contribution in [0.15, 0.2) is 102 Å². The van der Waals surface area contributed by atoms with Crippen LogP contribution in [-0.4, -0.2) is 51.2 Å². The molecule has 6 aromatic rings. The van der Waals surface area contributed by atoms with E-state index in [1.54, 1.807) is 24.3 Å². The van der Waals surface area contributed by atoms with Gasteiger partial charge in [0, 0.05) is 44.2 Å². The quantitative estimate of drug-likeness (QED) is 0.0737. The molecule has 3 heterocycles. The molecule has 0 bridgehead atoms. The maximum Gasteiger partial charge on any atom is 0.326 e. The number of carbonyl (C=O) groups excluding carboxylic acids is 1. The maximum atomic E-state index is 14.3. The average molecular weight is 799 g/mol. The highest BCUT2D eigenvalue weighted by Gasteiger charge is 2.35. The molecule has 0 saturated carbocycles. The molecule has 1 aromatic heterocycles. The Bertz CT molecular complexity index is 2470. The van der Waals surface area contributed by atoms with Gasteiger partial charge in [-0.2, -0.15) is 0 Å². The van der Waals surface area contributed by atoms with E-state index in [2.05, 4.69) is 15.2 Å². The first kappa shape index (κ1) is 39.2. The molecule has 2 saturated heterocycles. The van der Waals surface area contributed by atoms with Crippen molar-refractivity contribution in [3.63, 3.8) is 0 Å². The van der Waals surface area contributed by atoms with Gasteiger partial charge in [-0.3, -0.25) is 9.36 Å². The summed E-state index contributed by atoms with van der Waals surface area (Å²) in [6, 6.07) is 29.8. The Balaban J connectivity index is 0.975. The summed E-state index contributed by atoms with van der Waals surface area (Å²) in [5.41, 5.74) is 4.48. The number of nitrogens with zero attached hydrogens (tertiary/aromatic N) is 2. The van der Waals surface area contributed by atoms with Crippen molar-refractivity contribution in [3.05, 3.63) is 164 Å². The number of carbonyl (C=O) groups is 1. The van der Waals surface area contributed by atoms with Gasteiger partial charge in [-0.1, -0.05) is 84.9 Å². The predicted octanol–water partition coefficient (Wildman–Crippen LogP) is 8.00. The summed E-state index contributed by atoms with van der Waals surface area (Å²) in [4.78, 5) is 30.9. The van der Waals surface area contributed by atoms with Crippen LogP contribution in [0.2, 0.25) is 0 Å². The van der Waals surface area contributed by atoms with Gasteiger partial charge in [0.1, 0.15) is 5.56 Å². The molecular weight excluding hydrogens is 759 g/mol. The molecule has 2 aliphatic heterocycles. The van der Waals surface area contributed by atoms with E-state index in [4.69, 9.17) is 9.47 Å². The number of imidazole rings is 1. The largest absolute Gasteiger partial charge is 0.392 e. The molecule has 2 fully saturated rings. The number of aromatic nitrogens is 2. The van der Waals surface area contributed by atoms with E-state index in [0.29, 0.717) is 24.1 Å². The molecule has 9 nitrogen and oxygen atoms in total. The number of amides is 1. The number of fused-ring (bicyclic) bond motifs is 1. The highest BCUT2D eigenvalue weighted by Crippen LogP contribution is 2.39. The molecule has 58 heavy (non-hydrogen) atoms. The monoisotopic (exact) mass is 798 g/mol. The first-order valence-electron chi connectivity index (χ1n) is 19.0. The number of likely N-dealkylation sites (tertiary alicyclic amines) is 1. The molecule has 300 valence electrons. The Labute approximate surface area is 329 Å². The lowest BCUT2D eigenvalue weighted by Crippen LogP contribution is -2.43. The van der Waals surface area contributed by atoms with Gasteiger partial charge in [-0.05, 0) is 52.8 Å². The minimum Gasteiger partial charge on any atom is -0.392 e. The third-order valence-electron chi connectivity index (χ3n) is 11.0. The van der Waals surface area contributed by atoms with Gasteiger partial charge < -0.3 is 29.8 Å². The number of aromatic amines is 1. The minimum absolute atomic E-state index is 0.0754. The summed E-state index contributed by atoms with van der Waals surface area (Å²) in [5.74, 6) is -12.6. The summed E-state index contributed by atoms with van der Waals surface area (Å²) < 4.78 is 84.7. The van der Waals surface area contributed by atoms with Crippen molar-refractivity contribution < 1.29 is 41.3 Å². The van der Waals surface area contributed by atoms with Crippen LogP contribution in [0.25, 0.3) is 22.2 Å². The van der Waals surface area contributed by atoms with Crippen LogP contribution < -0.4 is 11.0 Å². The molecule has 2 aliphatic rings. The Morgan fingerprint density at radius 3 is 2.12 bits per heavy atom. The fourth-order valence-electron chi connectivity index (χ4n) is 7.96. The van der Waals surface area contributed by atoms with Crippen molar-refractivity contribution in [1.29, 1.82) is 0 Å². The molecule has 5 aromatic carbocycles. The first-order chi connectivity index (χ1) is 28.1. The number of nitrogens with one attached hydrogen (secondary N) is 2. The van der Waals surface area contributed by atoms with Gasteiger partial charge in [-0.15, -0.1) is 0 Å². The zero-order chi connectivity index (χ0) is 40.5. The lowest BCUT2D eigenvalue weighted by molar-refractivity contribution is -0.253. The summed E-state index contributed by atoms with van der Waals surface area (Å²) in [5, 5.41) is 11.9. The number of para-hydroxylation sites is 2. The lowest BCUT2D eigenvalue weighted by Gasteiger charge is -2.40. The number of halogens is 5. The Morgan fingerprint density at radius 1 is 0.776 bits per heavy atom. The Kier molecular flexibility index (Phi) is 11.3. The Morgan fingerprint density at radius 2 is 1.41 bits per heavy atom. The van der Waals surface area contributed by atoms with Crippen molar-refractivity contribution in [2.24, 2.45) is 0 Å². The number of ether oxygens (including phenoxy) is 2. The molecular formula is C44H39F5N4O5. The highest BCUT2D eigenvalue weighted by molar-refractivity contribution is 5.95. The number of H-pyrrole nitrogens is 1. The molecule has 0 spiro atoms. The van der Waals surface area contributed by atoms with Crippen LogP contribution in [0.1, 0.15) is 70.3 Å². The molecule has 1 amide bonds. The van der Waals surface area contributed by atoms with Crippen LogP contribution in [0.5, 0.6) is 0 Å². The standard InChI is InChI=1S/C44H39F5N4O5/c45-37-36(38(46)40(48)41(49)39(37)47)42(55)50-22-29-5-1-2-6-32(29)26-13-15-28(16-14-26)43-57-31(21-35(58-43)27-11-9-25(24-54)10-12-27)23-52-19-17-30(18-20-52)53-34-8-4-3-7-33(34)51-44(53)56/h1-16,30-31,35,43,54H,17-24H2,(H,50,55)(H,51,56)/t31-,35+,43+/m1/s1. The third kappa shape index (κ3) is 7.80. The van der Waals surface area contributed by atoms with E-state index in [9.17, 15) is 36.6 Å².